The largest absolute Gasteiger partial charge is 0.311 e. The first-order valence-corrected chi connectivity index (χ1v) is 6.98. The third-order valence-corrected chi connectivity index (χ3v) is 4.68. The molecule has 1 N–H and O–H groups in total. The maximum Gasteiger partial charge on any atom is 0.0218 e. The highest BCUT2D eigenvalue weighted by Crippen LogP contribution is 2.40. The molecule has 1 saturated carbocycles. The van der Waals surface area contributed by atoms with Gasteiger partial charge in [0.1, 0.15) is 0 Å². The van der Waals surface area contributed by atoms with Crippen LogP contribution in [0.2, 0.25) is 0 Å². The van der Waals surface area contributed by atoms with Crippen LogP contribution in [0.1, 0.15) is 47.0 Å². The van der Waals surface area contributed by atoms with E-state index in [-0.39, 0.29) is 0 Å². The highest BCUT2D eigenvalue weighted by Gasteiger charge is 2.39. The lowest BCUT2D eigenvalue weighted by Gasteiger charge is -2.43. The van der Waals surface area contributed by atoms with E-state index >= 15 is 0 Å². The first-order valence-electron chi connectivity index (χ1n) is 6.98. The zero-order valence-corrected chi connectivity index (χ0v) is 11.4. The van der Waals surface area contributed by atoms with Gasteiger partial charge in [-0.15, -0.1) is 0 Å². The highest BCUT2D eigenvalue weighted by atomic mass is 15.2. The van der Waals surface area contributed by atoms with Crippen molar-refractivity contribution in [2.24, 2.45) is 11.3 Å². The molecule has 16 heavy (non-hydrogen) atoms. The average molecular weight is 224 g/mol. The Bertz CT molecular complexity index is 235. The first kappa shape index (κ1) is 12.4. The summed E-state index contributed by atoms with van der Waals surface area (Å²) in [5.74, 6) is 0.757. The van der Waals surface area contributed by atoms with Crippen LogP contribution in [0, 0.1) is 11.3 Å². The van der Waals surface area contributed by atoms with Crippen LogP contribution in [0.5, 0.6) is 0 Å². The van der Waals surface area contributed by atoms with Crippen molar-refractivity contribution in [1.29, 1.82) is 0 Å². The van der Waals surface area contributed by atoms with Gasteiger partial charge in [-0.2, -0.15) is 0 Å². The smallest absolute Gasteiger partial charge is 0.0218 e. The monoisotopic (exact) mass is 224 g/mol. The molecule has 0 aromatic heterocycles. The second-order valence-electron chi connectivity index (χ2n) is 6.70. The molecule has 1 heterocycles. The summed E-state index contributed by atoms with van der Waals surface area (Å²) in [7, 11) is 0. The molecule has 2 rings (SSSR count). The second-order valence-corrected chi connectivity index (χ2v) is 6.70. The minimum absolute atomic E-state index is 0.541. The van der Waals surface area contributed by atoms with Gasteiger partial charge in [0.15, 0.2) is 0 Å². The van der Waals surface area contributed by atoms with Gasteiger partial charge in [-0.05, 0) is 24.2 Å². The Morgan fingerprint density at radius 1 is 1.31 bits per heavy atom. The molecule has 2 atom stereocenters. The van der Waals surface area contributed by atoms with Crippen LogP contribution in [-0.2, 0) is 0 Å². The summed E-state index contributed by atoms with van der Waals surface area (Å²) in [6.07, 6.45) is 4.25. The molecule has 2 nitrogen and oxygen atoms in total. The molecule has 94 valence electrons. The molecule has 1 saturated heterocycles. The lowest BCUT2D eigenvalue weighted by atomic mass is 9.85. The average Bonchev–Trinajstić information content (AvgIpc) is 2.58. The maximum absolute atomic E-state index is 3.66. The van der Waals surface area contributed by atoms with Gasteiger partial charge >= 0.3 is 0 Å². The summed E-state index contributed by atoms with van der Waals surface area (Å²) < 4.78 is 0. The number of nitrogens with one attached hydrogen (secondary N) is 1. The zero-order chi connectivity index (χ0) is 11.8. The zero-order valence-electron chi connectivity index (χ0n) is 11.4. The maximum atomic E-state index is 3.66. The Morgan fingerprint density at radius 2 is 2.06 bits per heavy atom. The standard InChI is InChI=1S/C14H28N2/c1-11(2)12-10-16(9-8-15-12)13-6-5-7-14(13,3)4/h11-13,15H,5-10H2,1-4H3. The molecule has 0 radical (unpaired) electrons. The van der Waals surface area contributed by atoms with E-state index in [0.717, 1.165) is 12.0 Å². The Labute approximate surface area is 101 Å². The molecule has 1 aliphatic carbocycles. The quantitative estimate of drug-likeness (QED) is 0.775. The van der Waals surface area contributed by atoms with Gasteiger partial charge in [-0.1, -0.05) is 34.1 Å². The number of piperazine rings is 1. The summed E-state index contributed by atoms with van der Waals surface area (Å²) in [5, 5.41) is 3.66. The molecule has 0 bridgehead atoms. The molecular weight excluding hydrogens is 196 g/mol. The highest BCUT2D eigenvalue weighted by molar-refractivity contribution is 4.95. The Kier molecular flexibility index (Phi) is 3.60. The van der Waals surface area contributed by atoms with Crippen molar-refractivity contribution in [2.75, 3.05) is 19.6 Å². The number of rotatable bonds is 2. The summed E-state index contributed by atoms with van der Waals surface area (Å²) in [4.78, 5) is 2.76. The van der Waals surface area contributed by atoms with Crippen molar-refractivity contribution in [3.05, 3.63) is 0 Å². The van der Waals surface area contributed by atoms with Crippen LogP contribution in [0.3, 0.4) is 0 Å². The molecule has 0 spiro atoms. The molecule has 0 aromatic rings. The number of nitrogens with zero attached hydrogens (tertiary/aromatic N) is 1. The van der Waals surface area contributed by atoms with E-state index in [1.165, 1.54) is 38.9 Å². The van der Waals surface area contributed by atoms with Crippen LogP contribution in [0.15, 0.2) is 0 Å². The lowest BCUT2D eigenvalue weighted by Crippen LogP contribution is -2.57. The van der Waals surface area contributed by atoms with E-state index in [1.54, 1.807) is 0 Å². The van der Waals surface area contributed by atoms with Gasteiger partial charge in [0.25, 0.3) is 0 Å². The van der Waals surface area contributed by atoms with Gasteiger partial charge < -0.3 is 5.32 Å². The number of hydrogen-bond donors (Lipinski definition) is 1. The molecule has 0 amide bonds. The van der Waals surface area contributed by atoms with Crippen LogP contribution in [-0.4, -0.2) is 36.6 Å². The Morgan fingerprint density at radius 3 is 2.62 bits per heavy atom. The topological polar surface area (TPSA) is 15.3 Å². The fourth-order valence-corrected chi connectivity index (χ4v) is 3.52. The SMILES string of the molecule is CC(C)C1CN(C2CCCC2(C)C)CCN1. The van der Waals surface area contributed by atoms with Gasteiger partial charge in [0.2, 0.25) is 0 Å². The van der Waals surface area contributed by atoms with Crippen molar-refractivity contribution in [1.82, 2.24) is 10.2 Å². The van der Waals surface area contributed by atoms with Gasteiger partial charge in [-0.25, -0.2) is 0 Å². The molecular formula is C14H28N2. The predicted molar refractivity (Wildman–Crippen MR) is 69.6 cm³/mol. The van der Waals surface area contributed by atoms with Gasteiger partial charge in [-0.3, -0.25) is 4.90 Å². The van der Waals surface area contributed by atoms with E-state index in [4.69, 9.17) is 0 Å². The van der Waals surface area contributed by atoms with E-state index < -0.39 is 0 Å². The lowest BCUT2D eigenvalue weighted by molar-refractivity contribution is 0.0722. The third-order valence-electron chi connectivity index (χ3n) is 4.68. The number of hydrogen-bond acceptors (Lipinski definition) is 2. The molecule has 1 aliphatic heterocycles. The predicted octanol–water partition coefficient (Wildman–Crippen LogP) is 2.49. The molecule has 2 unspecified atom stereocenters. The molecule has 2 heteroatoms. The molecule has 2 aliphatic rings. The fourth-order valence-electron chi connectivity index (χ4n) is 3.52. The van der Waals surface area contributed by atoms with Crippen molar-refractivity contribution in [2.45, 2.75) is 59.0 Å². The summed E-state index contributed by atoms with van der Waals surface area (Å²) in [5.41, 5.74) is 0.541. The van der Waals surface area contributed by atoms with Crippen molar-refractivity contribution in [3.63, 3.8) is 0 Å². The van der Waals surface area contributed by atoms with Crippen LogP contribution in [0.25, 0.3) is 0 Å². The van der Waals surface area contributed by atoms with Crippen LogP contribution < -0.4 is 5.32 Å². The van der Waals surface area contributed by atoms with Crippen molar-refractivity contribution in [3.8, 4) is 0 Å². The minimum Gasteiger partial charge on any atom is -0.311 e. The van der Waals surface area contributed by atoms with Gasteiger partial charge in [0, 0.05) is 31.7 Å². The van der Waals surface area contributed by atoms with E-state index in [9.17, 15) is 0 Å². The van der Waals surface area contributed by atoms with E-state index in [0.29, 0.717) is 11.5 Å². The van der Waals surface area contributed by atoms with E-state index in [1.807, 2.05) is 0 Å². The molecule has 2 fully saturated rings. The Hall–Kier alpha value is -0.0800. The van der Waals surface area contributed by atoms with Crippen molar-refractivity contribution >= 4 is 0 Å². The fraction of sp³-hybridized carbons (Fsp3) is 1.00. The summed E-state index contributed by atoms with van der Waals surface area (Å²) in [6, 6.07) is 1.53. The normalized spacial score (nSPS) is 35.8. The van der Waals surface area contributed by atoms with Crippen LogP contribution >= 0.6 is 0 Å². The van der Waals surface area contributed by atoms with E-state index in [2.05, 4.69) is 37.9 Å². The van der Waals surface area contributed by atoms with Crippen LogP contribution in [0.4, 0.5) is 0 Å². The minimum atomic E-state index is 0.541. The third kappa shape index (κ3) is 2.43. The Balaban J connectivity index is 1.99. The van der Waals surface area contributed by atoms with Crippen molar-refractivity contribution < 1.29 is 0 Å². The molecule has 0 aromatic carbocycles. The first-order chi connectivity index (χ1) is 7.50. The van der Waals surface area contributed by atoms with Gasteiger partial charge in [0.05, 0.1) is 0 Å². The second kappa shape index (κ2) is 4.66. The summed E-state index contributed by atoms with van der Waals surface area (Å²) in [6.45, 7) is 13.3. The summed E-state index contributed by atoms with van der Waals surface area (Å²) >= 11 is 0.